The van der Waals surface area contributed by atoms with E-state index in [9.17, 15) is 14.3 Å². The molecule has 0 saturated carbocycles. The number of thioether (sulfide) groups is 1. The highest BCUT2D eigenvalue weighted by Crippen LogP contribution is 2.43. The second kappa shape index (κ2) is 8.13. The van der Waals surface area contributed by atoms with Gasteiger partial charge in [-0.25, -0.2) is 4.39 Å². The molecule has 1 atom stereocenters. The molecule has 1 aliphatic heterocycles. The monoisotopic (exact) mass is 405 g/mol. The van der Waals surface area contributed by atoms with Crippen molar-refractivity contribution < 1.29 is 14.3 Å². The zero-order chi connectivity index (χ0) is 20.4. The number of amides is 1. The van der Waals surface area contributed by atoms with Gasteiger partial charge in [0.05, 0.1) is 6.04 Å². The van der Waals surface area contributed by atoms with Crippen LogP contribution in [0.3, 0.4) is 0 Å². The summed E-state index contributed by atoms with van der Waals surface area (Å²) in [5, 5.41) is 10.7. The molecule has 4 rings (SSSR count). The van der Waals surface area contributed by atoms with Gasteiger partial charge in [0.25, 0.3) is 5.91 Å². The Hall–Kier alpha value is -3.05. The second-order valence-corrected chi connectivity index (χ2v) is 7.74. The summed E-state index contributed by atoms with van der Waals surface area (Å²) in [6.45, 7) is 0.343. The molecule has 0 unspecified atom stereocenters. The number of hydrogen-bond acceptors (Lipinski definition) is 3. The summed E-state index contributed by atoms with van der Waals surface area (Å²) in [5.41, 5.74) is 3.03. The maximum atomic E-state index is 13.5. The Morgan fingerprint density at radius 1 is 0.966 bits per heavy atom. The van der Waals surface area contributed by atoms with E-state index in [0.717, 1.165) is 21.6 Å². The number of aliphatic hydroxyl groups excluding tert-OH is 1. The molecule has 0 aromatic heterocycles. The highest BCUT2D eigenvalue weighted by Gasteiger charge is 2.40. The average molecular weight is 405 g/mol. The molecule has 0 spiro atoms. The van der Waals surface area contributed by atoms with Crippen molar-refractivity contribution in [3.8, 4) is 0 Å². The lowest BCUT2D eigenvalue weighted by atomic mass is 9.93. The van der Waals surface area contributed by atoms with Crippen molar-refractivity contribution in [3.63, 3.8) is 0 Å². The first-order valence-corrected chi connectivity index (χ1v) is 10.5. The van der Waals surface area contributed by atoms with Gasteiger partial charge in [0.2, 0.25) is 0 Å². The first-order chi connectivity index (χ1) is 14.1. The molecule has 0 aliphatic carbocycles. The number of nitrogens with zero attached hydrogens (tertiary/aromatic N) is 1. The minimum absolute atomic E-state index is 0.258. The highest BCUT2D eigenvalue weighted by atomic mass is 32.2. The van der Waals surface area contributed by atoms with Crippen molar-refractivity contribution >= 4 is 23.2 Å². The molecular formula is C24H20FNO2S. The van der Waals surface area contributed by atoms with Crippen molar-refractivity contribution in [2.24, 2.45) is 0 Å². The number of hydrogen-bond donors (Lipinski definition) is 1. The molecule has 1 heterocycles. The molecule has 0 bridgehead atoms. The molecular weight excluding hydrogens is 385 g/mol. The fourth-order valence-corrected chi connectivity index (χ4v) is 4.06. The Kier molecular flexibility index (Phi) is 5.41. The Bertz CT molecular complexity index is 1050. The van der Waals surface area contributed by atoms with E-state index in [1.165, 1.54) is 12.1 Å². The van der Waals surface area contributed by atoms with Gasteiger partial charge < -0.3 is 10.0 Å². The summed E-state index contributed by atoms with van der Waals surface area (Å²) in [7, 11) is 0. The topological polar surface area (TPSA) is 40.5 Å². The quantitative estimate of drug-likeness (QED) is 0.562. The number of benzene rings is 3. The number of carbonyl (C=O) groups excluding carboxylic acids is 1. The van der Waals surface area contributed by atoms with Gasteiger partial charge in [-0.1, -0.05) is 54.6 Å². The largest absolute Gasteiger partial charge is 0.503 e. The first kappa shape index (κ1) is 19.3. The van der Waals surface area contributed by atoms with Crippen LogP contribution in [0.15, 0.2) is 89.5 Å². The molecule has 0 saturated heterocycles. The van der Waals surface area contributed by atoms with Crippen LogP contribution in [0.4, 0.5) is 4.39 Å². The van der Waals surface area contributed by atoms with Crippen LogP contribution in [-0.2, 0) is 11.3 Å². The molecule has 29 heavy (non-hydrogen) atoms. The third kappa shape index (κ3) is 3.78. The zero-order valence-corrected chi connectivity index (χ0v) is 16.7. The van der Waals surface area contributed by atoms with E-state index in [1.807, 2.05) is 60.9 Å². The van der Waals surface area contributed by atoms with Crippen LogP contribution in [0.5, 0.6) is 0 Å². The summed E-state index contributed by atoms with van der Waals surface area (Å²) in [6, 6.07) is 22.9. The van der Waals surface area contributed by atoms with Gasteiger partial charge in [-0.2, -0.15) is 0 Å². The minimum atomic E-state index is -0.495. The van der Waals surface area contributed by atoms with Crippen molar-refractivity contribution in [3.05, 3.63) is 107 Å². The molecule has 3 aromatic rings. The second-order valence-electron chi connectivity index (χ2n) is 6.86. The van der Waals surface area contributed by atoms with Gasteiger partial charge in [-0.15, -0.1) is 11.8 Å². The van der Waals surface area contributed by atoms with E-state index in [0.29, 0.717) is 12.1 Å². The molecule has 1 aliphatic rings. The standard InChI is InChI=1S/C24H20FNO2S/c1-29-20-13-7-16(8-14-20)15-26-22(18-9-11-19(25)12-10-18)21(23(27)24(26)28)17-5-3-2-4-6-17/h2-14,22,27H,15H2,1H3/t22-/m0/s1. The van der Waals surface area contributed by atoms with E-state index < -0.39 is 11.9 Å². The average Bonchev–Trinajstić information content (AvgIpc) is 3.00. The van der Waals surface area contributed by atoms with Crippen molar-refractivity contribution in [2.75, 3.05) is 6.26 Å². The van der Waals surface area contributed by atoms with Gasteiger partial charge in [0.15, 0.2) is 5.76 Å². The Balaban J connectivity index is 1.77. The van der Waals surface area contributed by atoms with E-state index >= 15 is 0 Å². The Morgan fingerprint density at radius 3 is 2.24 bits per heavy atom. The highest BCUT2D eigenvalue weighted by molar-refractivity contribution is 7.98. The number of halogens is 1. The van der Waals surface area contributed by atoms with Crippen LogP contribution >= 0.6 is 11.8 Å². The summed E-state index contributed by atoms with van der Waals surface area (Å²) in [4.78, 5) is 15.8. The van der Waals surface area contributed by atoms with Gasteiger partial charge in [-0.05, 0) is 47.2 Å². The molecule has 146 valence electrons. The van der Waals surface area contributed by atoms with Gasteiger partial charge >= 0.3 is 0 Å². The van der Waals surface area contributed by atoms with E-state index in [-0.39, 0.29) is 11.6 Å². The summed E-state index contributed by atoms with van der Waals surface area (Å²) >= 11 is 1.65. The zero-order valence-electron chi connectivity index (χ0n) is 15.9. The van der Waals surface area contributed by atoms with Crippen molar-refractivity contribution in [1.82, 2.24) is 4.90 Å². The van der Waals surface area contributed by atoms with Gasteiger partial charge in [0, 0.05) is 17.0 Å². The summed E-state index contributed by atoms with van der Waals surface area (Å²) in [6.07, 6.45) is 2.01. The SMILES string of the molecule is CSc1ccc(CN2C(=O)C(O)=C(c3ccccc3)[C@@H]2c2ccc(F)cc2)cc1. The van der Waals surface area contributed by atoms with E-state index in [1.54, 1.807) is 28.8 Å². The van der Waals surface area contributed by atoms with Gasteiger partial charge in [-0.3, -0.25) is 4.79 Å². The van der Waals surface area contributed by atoms with Crippen LogP contribution in [0.2, 0.25) is 0 Å². The van der Waals surface area contributed by atoms with Crippen LogP contribution in [0.25, 0.3) is 5.57 Å². The lowest BCUT2D eigenvalue weighted by Crippen LogP contribution is -2.29. The van der Waals surface area contributed by atoms with Crippen LogP contribution in [0.1, 0.15) is 22.7 Å². The third-order valence-corrected chi connectivity index (χ3v) is 5.83. The minimum Gasteiger partial charge on any atom is -0.503 e. The smallest absolute Gasteiger partial charge is 0.290 e. The lowest BCUT2D eigenvalue weighted by Gasteiger charge is -2.27. The molecule has 5 heteroatoms. The number of carbonyl (C=O) groups is 1. The Morgan fingerprint density at radius 2 is 1.62 bits per heavy atom. The molecule has 1 amide bonds. The number of rotatable bonds is 5. The predicted octanol–water partition coefficient (Wildman–Crippen LogP) is 5.60. The molecule has 3 aromatic carbocycles. The summed E-state index contributed by atoms with van der Waals surface area (Å²) < 4.78 is 13.5. The van der Waals surface area contributed by atoms with Crippen molar-refractivity contribution in [1.29, 1.82) is 0 Å². The summed E-state index contributed by atoms with van der Waals surface area (Å²) in [5.74, 6) is -1.02. The first-order valence-electron chi connectivity index (χ1n) is 9.26. The molecule has 0 fully saturated rings. The van der Waals surface area contributed by atoms with Crippen LogP contribution < -0.4 is 0 Å². The van der Waals surface area contributed by atoms with Crippen molar-refractivity contribution in [2.45, 2.75) is 17.5 Å². The van der Waals surface area contributed by atoms with E-state index in [4.69, 9.17) is 0 Å². The normalized spacial score (nSPS) is 16.6. The molecule has 0 radical (unpaired) electrons. The fraction of sp³-hybridized carbons (Fsp3) is 0.125. The molecule has 3 nitrogen and oxygen atoms in total. The maximum absolute atomic E-state index is 13.5. The van der Waals surface area contributed by atoms with Gasteiger partial charge in [0.1, 0.15) is 5.82 Å². The number of aliphatic hydroxyl groups is 1. The van der Waals surface area contributed by atoms with E-state index in [2.05, 4.69) is 0 Å². The third-order valence-electron chi connectivity index (χ3n) is 5.09. The predicted molar refractivity (Wildman–Crippen MR) is 114 cm³/mol. The lowest BCUT2D eigenvalue weighted by molar-refractivity contribution is -0.130. The van der Waals surface area contributed by atoms with Crippen LogP contribution in [0, 0.1) is 5.82 Å². The fourth-order valence-electron chi connectivity index (χ4n) is 3.65. The van der Waals surface area contributed by atoms with Crippen LogP contribution in [-0.4, -0.2) is 22.2 Å². The maximum Gasteiger partial charge on any atom is 0.290 e. The molecule has 1 N–H and O–H groups in total. The Labute approximate surface area is 173 Å².